The van der Waals surface area contributed by atoms with Crippen molar-refractivity contribution in [3.8, 4) is 18.1 Å². The van der Waals surface area contributed by atoms with Crippen molar-refractivity contribution in [1.82, 2.24) is 10.0 Å². The number of terminal acetylenes is 1. The van der Waals surface area contributed by atoms with Crippen molar-refractivity contribution in [1.29, 1.82) is 0 Å². The number of hydrogen-bond donors (Lipinski definition) is 2. The number of nitrogens with one attached hydrogen (secondary N) is 2. The van der Waals surface area contributed by atoms with E-state index in [2.05, 4.69) is 16.0 Å². The summed E-state index contributed by atoms with van der Waals surface area (Å²) in [5.41, 5.74) is 0.830. The van der Waals surface area contributed by atoms with Crippen LogP contribution in [0.5, 0.6) is 5.75 Å². The van der Waals surface area contributed by atoms with Gasteiger partial charge < -0.3 is 10.1 Å². The van der Waals surface area contributed by atoms with E-state index in [0.717, 1.165) is 37.0 Å². The minimum Gasteiger partial charge on any atom is -0.497 e. The molecule has 1 fully saturated rings. The molecule has 0 radical (unpaired) electrons. The molecular weight excluding hydrogens is 388 g/mol. The molecule has 1 aliphatic carbocycles. The lowest BCUT2D eigenvalue weighted by molar-refractivity contribution is 0.0898. The molecule has 1 amide bonds. The first-order valence-corrected chi connectivity index (χ1v) is 10.9. The molecular formula is C22H24N2O4S. The van der Waals surface area contributed by atoms with Gasteiger partial charge in [0.25, 0.3) is 5.91 Å². The maximum absolute atomic E-state index is 13.0. The molecule has 0 aromatic heterocycles. The summed E-state index contributed by atoms with van der Waals surface area (Å²) >= 11 is 0. The standard InChI is InChI=1S/C22H24N2O4S/c1-3-15-23-29(26,27)20-8-6-7-17(16-20)21(25)24-22(13-4-5-14-22)18-9-11-19(28-2)12-10-18/h1,6-12,16,23H,4-5,13-15H2,2H3,(H,24,25). The monoisotopic (exact) mass is 412 g/mol. The van der Waals surface area contributed by atoms with Gasteiger partial charge >= 0.3 is 0 Å². The Morgan fingerprint density at radius 3 is 2.48 bits per heavy atom. The van der Waals surface area contributed by atoms with Crippen LogP contribution < -0.4 is 14.8 Å². The zero-order valence-electron chi connectivity index (χ0n) is 16.3. The van der Waals surface area contributed by atoms with Gasteiger partial charge in [-0.25, -0.2) is 8.42 Å². The summed E-state index contributed by atoms with van der Waals surface area (Å²) in [6, 6.07) is 13.7. The van der Waals surface area contributed by atoms with Gasteiger partial charge in [-0.05, 0) is 48.7 Å². The van der Waals surface area contributed by atoms with Crippen LogP contribution in [0.2, 0.25) is 0 Å². The van der Waals surface area contributed by atoms with Crippen molar-refractivity contribution in [2.45, 2.75) is 36.1 Å². The summed E-state index contributed by atoms with van der Waals surface area (Å²) in [7, 11) is -2.15. The van der Waals surface area contributed by atoms with Gasteiger partial charge in [0.05, 0.1) is 24.1 Å². The molecule has 2 N–H and O–H groups in total. The van der Waals surface area contributed by atoms with Crippen molar-refractivity contribution in [2.24, 2.45) is 0 Å². The number of rotatable bonds is 7. The second-order valence-electron chi connectivity index (χ2n) is 7.03. The SMILES string of the molecule is C#CCNS(=O)(=O)c1cccc(C(=O)NC2(c3ccc(OC)cc3)CCCC2)c1. The lowest BCUT2D eigenvalue weighted by atomic mass is 9.87. The third-order valence-electron chi connectivity index (χ3n) is 5.22. The number of hydrogen-bond acceptors (Lipinski definition) is 4. The smallest absolute Gasteiger partial charge is 0.252 e. The predicted octanol–water partition coefficient (Wildman–Crippen LogP) is 2.81. The molecule has 3 rings (SSSR count). The van der Waals surface area contributed by atoms with E-state index in [9.17, 15) is 13.2 Å². The Morgan fingerprint density at radius 2 is 1.86 bits per heavy atom. The zero-order valence-corrected chi connectivity index (χ0v) is 17.1. The van der Waals surface area contributed by atoms with Crippen LogP contribution in [0.25, 0.3) is 0 Å². The first-order chi connectivity index (χ1) is 13.9. The summed E-state index contributed by atoms with van der Waals surface area (Å²) in [4.78, 5) is 13.0. The Kier molecular flexibility index (Phi) is 6.26. The molecule has 0 aliphatic heterocycles. The number of methoxy groups -OCH3 is 1. The summed E-state index contributed by atoms with van der Waals surface area (Å²) < 4.78 is 32.1. The van der Waals surface area contributed by atoms with Gasteiger partial charge in [-0.1, -0.05) is 37.0 Å². The molecule has 152 valence electrons. The molecule has 7 heteroatoms. The number of carbonyl (C=O) groups excluding carboxylic acids is 1. The van der Waals surface area contributed by atoms with E-state index in [1.54, 1.807) is 19.2 Å². The average molecular weight is 413 g/mol. The fourth-order valence-corrected chi connectivity index (χ4v) is 4.67. The van der Waals surface area contributed by atoms with E-state index >= 15 is 0 Å². The first-order valence-electron chi connectivity index (χ1n) is 9.40. The van der Waals surface area contributed by atoms with Crippen molar-refractivity contribution in [2.75, 3.05) is 13.7 Å². The summed E-state index contributed by atoms with van der Waals surface area (Å²) in [6.45, 7) is -0.112. The third-order valence-corrected chi connectivity index (χ3v) is 6.62. The Balaban J connectivity index is 1.86. The molecule has 0 spiro atoms. The van der Waals surface area contributed by atoms with Crippen molar-refractivity contribution >= 4 is 15.9 Å². The molecule has 1 aliphatic rings. The van der Waals surface area contributed by atoms with Crippen LogP contribution in [0.1, 0.15) is 41.6 Å². The summed E-state index contributed by atoms with van der Waals surface area (Å²) in [6.07, 6.45) is 8.80. The normalized spacial score (nSPS) is 15.4. The van der Waals surface area contributed by atoms with Crippen molar-refractivity contribution in [3.63, 3.8) is 0 Å². The Hall–Kier alpha value is -2.82. The molecule has 6 nitrogen and oxygen atoms in total. The highest BCUT2D eigenvalue weighted by Gasteiger charge is 2.37. The lowest BCUT2D eigenvalue weighted by Gasteiger charge is -2.31. The largest absolute Gasteiger partial charge is 0.497 e. The van der Waals surface area contributed by atoms with Gasteiger partial charge in [0.1, 0.15) is 5.75 Å². The maximum atomic E-state index is 13.0. The molecule has 2 aromatic carbocycles. The topological polar surface area (TPSA) is 84.5 Å². The quantitative estimate of drug-likeness (QED) is 0.685. The number of carbonyl (C=O) groups is 1. The Labute approximate surface area is 171 Å². The van der Waals surface area contributed by atoms with Crippen molar-refractivity contribution < 1.29 is 17.9 Å². The molecule has 1 saturated carbocycles. The second kappa shape index (κ2) is 8.68. The number of sulfonamides is 1. The fourth-order valence-electron chi connectivity index (χ4n) is 3.69. The van der Waals surface area contributed by atoms with Gasteiger partial charge in [-0.2, -0.15) is 4.72 Å². The van der Waals surface area contributed by atoms with Crippen LogP contribution in [-0.4, -0.2) is 28.0 Å². The van der Waals surface area contributed by atoms with Crippen LogP contribution in [0, 0.1) is 12.3 Å². The van der Waals surface area contributed by atoms with Gasteiger partial charge in [0.2, 0.25) is 10.0 Å². The van der Waals surface area contributed by atoms with E-state index in [1.165, 1.54) is 12.1 Å². The first kappa shape index (κ1) is 20.9. The number of ether oxygens (including phenoxy) is 1. The highest BCUT2D eigenvalue weighted by atomic mass is 32.2. The molecule has 0 atom stereocenters. The van der Waals surface area contributed by atoms with Crippen LogP contribution in [-0.2, 0) is 15.6 Å². The molecule has 29 heavy (non-hydrogen) atoms. The number of benzene rings is 2. The van der Waals surface area contributed by atoms with Gasteiger partial charge in [-0.3, -0.25) is 4.79 Å². The second-order valence-corrected chi connectivity index (χ2v) is 8.80. The van der Waals surface area contributed by atoms with Crippen LogP contribution in [0.15, 0.2) is 53.4 Å². The van der Waals surface area contributed by atoms with Gasteiger partial charge in [0.15, 0.2) is 0 Å². The van der Waals surface area contributed by atoms with E-state index in [0.29, 0.717) is 0 Å². The third kappa shape index (κ3) is 4.61. The van der Waals surface area contributed by atoms with Gasteiger partial charge in [0, 0.05) is 5.56 Å². The molecule has 0 unspecified atom stereocenters. The minimum absolute atomic E-state index is 0.00493. The highest BCUT2D eigenvalue weighted by Crippen LogP contribution is 2.39. The number of amides is 1. The molecule has 0 heterocycles. The summed E-state index contributed by atoms with van der Waals surface area (Å²) in [5.74, 6) is 2.68. The lowest BCUT2D eigenvalue weighted by Crippen LogP contribution is -2.43. The van der Waals surface area contributed by atoms with Crippen molar-refractivity contribution in [3.05, 3.63) is 59.7 Å². The van der Waals surface area contributed by atoms with E-state index in [1.807, 2.05) is 24.3 Å². The van der Waals surface area contributed by atoms with Gasteiger partial charge in [-0.15, -0.1) is 6.42 Å². The Morgan fingerprint density at radius 1 is 1.17 bits per heavy atom. The molecule has 2 aromatic rings. The van der Waals surface area contributed by atoms with E-state index < -0.39 is 15.6 Å². The minimum atomic E-state index is -3.77. The van der Waals surface area contributed by atoms with E-state index in [4.69, 9.17) is 11.2 Å². The molecule has 0 bridgehead atoms. The summed E-state index contributed by atoms with van der Waals surface area (Å²) in [5, 5.41) is 3.16. The van der Waals surface area contributed by atoms with Crippen LogP contribution in [0.4, 0.5) is 0 Å². The maximum Gasteiger partial charge on any atom is 0.252 e. The average Bonchev–Trinajstić information content (AvgIpc) is 3.22. The predicted molar refractivity (Wildman–Crippen MR) is 111 cm³/mol. The Bertz CT molecular complexity index is 1020. The zero-order chi connectivity index (χ0) is 20.9. The fraction of sp³-hybridized carbons (Fsp3) is 0.318. The molecule has 0 saturated heterocycles. The highest BCUT2D eigenvalue weighted by molar-refractivity contribution is 7.89. The van der Waals surface area contributed by atoms with E-state index in [-0.39, 0.29) is 22.9 Å². The van der Waals surface area contributed by atoms with Crippen LogP contribution in [0.3, 0.4) is 0 Å². The van der Waals surface area contributed by atoms with Crippen LogP contribution >= 0.6 is 0 Å².